The molecule has 0 unspecified atom stereocenters. The van der Waals surface area contributed by atoms with E-state index < -0.39 is 10.8 Å². The Hall–Kier alpha value is -2.04. The molecule has 1 aliphatic rings. The predicted octanol–water partition coefficient (Wildman–Crippen LogP) is 0.864. The van der Waals surface area contributed by atoms with E-state index in [1.807, 2.05) is 0 Å². The second-order valence-corrected chi connectivity index (χ2v) is 2.54. The van der Waals surface area contributed by atoms with Crippen LogP contribution in [0.3, 0.4) is 0 Å². The summed E-state index contributed by atoms with van der Waals surface area (Å²) < 4.78 is 0. The molecule has 1 aromatic carbocycles. The van der Waals surface area contributed by atoms with Crippen LogP contribution in [0.15, 0.2) is 29.3 Å². The summed E-state index contributed by atoms with van der Waals surface area (Å²) in [5, 5.41) is 10.4. The number of amides is 1. The normalized spacial score (nSPS) is 13.8. The topological polar surface area (TPSA) is 72.6 Å². The number of nitro groups is 1. The van der Waals surface area contributed by atoms with Crippen LogP contribution in [0.4, 0.5) is 0 Å². The summed E-state index contributed by atoms with van der Waals surface area (Å²) in [7, 11) is 0. The fourth-order valence-electron chi connectivity index (χ4n) is 1.22. The molecule has 0 saturated heterocycles. The van der Waals surface area contributed by atoms with Crippen LogP contribution >= 0.6 is 0 Å². The van der Waals surface area contributed by atoms with Crippen LogP contribution in [0.5, 0.6) is 0 Å². The Balaban J connectivity index is 2.64. The number of hydrogen-bond acceptors (Lipinski definition) is 3. The van der Waals surface area contributed by atoms with Crippen molar-refractivity contribution in [3.8, 4) is 0 Å². The maximum Gasteiger partial charge on any atom is 0.384 e. The number of fused-ring (bicyclic) bond motifs is 1. The van der Waals surface area contributed by atoms with Gasteiger partial charge in [0, 0.05) is 4.99 Å². The van der Waals surface area contributed by atoms with Crippen LogP contribution < -0.4 is 0 Å². The third-order valence-electron chi connectivity index (χ3n) is 1.78. The molecule has 0 spiro atoms. The van der Waals surface area contributed by atoms with E-state index >= 15 is 0 Å². The van der Waals surface area contributed by atoms with E-state index in [9.17, 15) is 14.9 Å². The number of hydrogen-bond donors (Lipinski definition) is 0. The molecule has 1 aliphatic heterocycles. The number of carbonyl (C=O) groups is 1. The van der Waals surface area contributed by atoms with Crippen molar-refractivity contribution in [2.75, 3.05) is 0 Å². The van der Waals surface area contributed by atoms with E-state index in [2.05, 4.69) is 4.99 Å². The third kappa shape index (κ3) is 1.01. The smallest absolute Gasteiger partial charge is 0.358 e. The van der Waals surface area contributed by atoms with Crippen LogP contribution in [-0.2, 0) is 0 Å². The Morgan fingerprint density at radius 3 is 2.46 bits per heavy atom. The average Bonchev–Trinajstić information content (AvgIpc) is 2.45. The molecule has 2 rings (SSSR count). The Labute approximate surface area is 72.9 Å². The zero-order valence-corrected chi connectivity index (χ0v) is 6.43. The van der Waals surface area contributed by atoms with E-state index in [0.717, 1.165) is 0 Å². The summed E-state index contributed by atoms with van der Waals surface area (Å²) in [4.78, 5) is 24.2. The van der Waals surface area contributed by atoms with Gasteiger partial charge in [-0.05, 0) is 17.1 Å². The number of benzene rings is 1. The van der Waals surface area contributed by atoms with Gasteiger partial charge in [0.15, 0.2) is 0 Å². The van der Waals surface area contributed by atoms with E-state index in [4.69, 9.17) is 0 Å². The van der Waals surface area contributed by atoms with Gasteiger partial charge in [-0.25, -0.2) is 4.79 Å². The summed E-state index contributed by atoms with van der Waals surface area (Å²) in [5.74, 6) is -0.900. The molecular formula is C8H4N2O3. The van der Waals surface area contributed by atoms with Crippen molar-refractivity contribution in [1.29, 1.82) is 0 Å². The standard InChI is InChI=1S/C8H4N2O3/c11-8-6-4-2-1-3-5(6)7(9-8)10(12)13/h1-4H. The van der Waals surface area contributed by atoms with Gasteiger partial charge >= 0.3 is 11.7 Å². The third-order valence-corrected chi connectivity index (χ3v) is 1.78. The van der Waals surface area contributed by atoms with Gasteiger partial charge in [-0.1, -0.05) is 12.1 Å². The highest BCUT2D eigenvalue weighted by Gasteiger charge is 2.33. The molecule has 5 nitrogen and oxygen atoms in total. The van der Waals surface area contributed by atoms with Gasteiger partial charge in [0.1, 0.15) is 0 Å². The van der Waals surface area contributed by atoms with Crippen molar-refractivity contribution in [3.63, 3.8) is 0 Å². The maximum atomic E-state index is 11.1. The SMILES string of the molecule is O=C1N=C([N+](=O)[O-])c2ccccc21. The Kier molecular flexibility index (Phi) is 1.45. The molecule has 0 aromatic heterocycles. The zero-order chi connectivity index (χ0) is 9.42. The number of amidine groups is 1. The van der Waals surface area contributed by atoms with E-state index in [1.54, 1.807) is 12.1 Å². The highest BCUT2D eigenvalue weighted by atomic mass is 16.6. The van der Waals surface area contributed by atoms with Crippen molar-refractivity contribution in [3.05, 3.63) is 45.5 Å². The number of rotatable bonds is 0. The van der Waals surface area contributed by atoms with Gasteiger partial charge in [-0.2, -0.15) is 0 Å². The molecular weight excluding hydrogens is 172 g/mol. The van der Waals surface area contributed by atoms with Gasteiger partial charge in [0.2, 0.25) is 0 Å². The van der Waals surface area contributed by atoms with Crippen molar-refractivity contribution < 1.29 is 9.72 Å². The van der Waals surface area contributed by atoms with Crippen molar-refractivity contribution in [2.24, 2.45) is 4.99 Å². The first-order valence-corrected chi connectivity index (χ1v) is 3.57. The lowest BCUT2D eigenvalue weighted by Gasteiger charge is -1.93. The molecule has 0 aliphatic carbocycles. The Bertz CT molecular complexity index is 437. The molecule has 0 bridgehead atoms. The van der Waals surface area contributed by atoms with Crippen molar-refractivity contribution >= 4 is 11.7 Å². The molecule has 64 valence electrons. The van der Waals surface area contributed by atoms with Crippen LogP contribution in [0, 0.1) is 10.1 Å². The van der Waals surface area contributed by atoms with Crippen LogP contribution in [0.1, 0.15) is 15.9 Å². The van der Waals surface area contributed by atoms with Gasteiger partial charge in [-0.15, -0.1) is 0 Å². The Morgan fingerprint density at radius 2 is 1.85 bits per heavy atom. The quantitative estimate of drug-likeness (QED) is 0.434. The first kappa shape index (κ1) is 7.60. The first-order valence-electron chi connectivity index (χ1n) is 3.57. The summed E-state index contributed by atoms with van der Waals surface area (Å²) in [6.07, 6.45) is 0. The van der Waals surface area contributed by atoms with Crippen LogP contribution in [0.25, 0.3) is 0 Å². The number of carbonyl (C=O) groups excluding carboxylic acids is 1. The van der Waals surface area contributed by atoms with Gasteiger partial charge in [-0.3, -0.25) is 0 Å². The monoisotopic (exact) mass is 176 g/mol. The van der Waals surface area contributed by atoms with E-state index in [0.29, 0.717) is 11.1 Å². The molecule has 0 saturated carbocycles. The fraction of sp³-hybridized carbons (Fsp3) is 0. The molecule has 1 amide bonds. The molecule has 13 heavy (non-hydrogen) atoms. The summed E-state index contributed by atoms with van der Waals surface area (Å²) in [6, 6.07) is 6.32. The van der Waals surface area contributed by atoms with Crippen LogP contribution in [-0.4, -0.2) is 16.7 Å². The van der Waals surface area contributed by atoms with E-state index in [-0.39, 0.29) is 5.84 Å². The maximum absolute atomic E-state index is 11.1. The highest BCUT2D eigenvalue weighted by molar-refractivity contribution is 6.17. The summed E-state index contributed by atoms with van der Waals surface area (Å²) in [6.45, 7) is 0. The van der Waals surface area contributed by atoms with Crippen molar-refractivity contribution in [1.82, 2.24) is 0 Å². The van der Waals surface area contributed by atoms with E-state index in [1.165, 1.54) is 12.1 Å². The average molecular weight is 176 g/mol. The largest absolute Gasteiger partial charge is 0.384 e. The minimum absolute atomic E-state index is 0.300. The lowest BCUT2D eigenvalue weighted by molar-refractivity contribution is -0.348. The molecule has 0 radical (unpaired) electrons. The molecule has 5 heteroatoms. The second-order valence-electron chi connectivity index (χ2n) is 2.54. The lowest BCUT2D eigenvalue weighted by atomic mass is 10.1. The van der Waals surface area contributed by atoms with Crippen molar-refractivity contribution in [2.45, 2.75) is 0 Å². The van der Waals surface area contributed by atoms with Gasteiger partial charge in [0.05, 0.1) is 11.1 Å². The highest BCUT2D eigenvalue weighted by Crippen LogP contribution is 2.18. The molecule has 1 heterocycles. The van der Waals surface area contributed by atoms with Crippen LogP contribution in [0.2, 0.25) is 0 Å². The number of nitrogens with zero attached hydrogens (tertiary/aromatic N) is 2. The summed E-state index contributed by atoms with van der Waals surface area (Å²) in [5.41, 5.74) is 0.603. The predicted molar refractivity (Wildman–Crippen MR) is 44.3 cm³/mol. The Morgan fingerprint density at radius 1 is 1.23 bits per heavy atom. The molecule has 0 N–H and O–H groups in total. The van der Waals surface area contributed by atoms with Gasteiger partial charge < -0.3 is 10.1 Å². The second kappa shape index (κ2) is 2.48. The first-order chi connectivity index (χ1) is 6.20. The fourth-order valence-corrected chi connectivity index (χ4v) is 1.22. The zero-order valence-electron chi connectivity index (χ0n) is 6.43. The molecule has 1 aromatic rings. The van der Waals surface area contributed by atoms with Gasteiger partial charge in [0.25, 0.3) is 0 Å². The summed E-state index contributed by atoms with van der Waals surface area (Å²) >= 11 is 0. The molecule has 0 fully saturated rings. The minimum atomic E-state index is -0.649. The molecule has 0 atom stereocenters. The lowest BCUT2D eigenvalue weighted by Crippen LogP contribution is -2.10. The minimum Gasteiger partial charge on any atom is -0.358 e. The number of aliphatic imine (C=N–C) groups is 1.